The first-order chi connectivity index (χ1) is 14.5. The van der Waals surface area contributed by atoms with Crippen LogP contribution in [-0.2, 0) is 11.2 Å². The van der Waals surface area contributed by atoms with Crippen molar-refractivity contribution >= 4 is 22.9 Å². The van der Waals surface area contributed by atoms with Gasteiger partial charge in [0.05, 0.1) is 5.52 Å². The summed E-state index contributed by atoms with van der Waals surface area (Å²) in [4.78, 5) is 15.7. The molecule has 0 radical (unpaired) electrons. The van der Waals surface area contributed by atoms with E-state index in [1.54, 1.807) is 24.4 Å². The Kier molecular flexibility index (Phi) is 5.63. The summed E-state index contributed by atoms with van der Waals surface area (Å²) in [5, 5.41) is 13.7. The number of rotatable bonds is 5. The molecule has 0 atom stereocenters. The lowest BCUT2D eigenvalue weighted by Gasteiger charge is -2.29. The van der Waals surface area contributed by atoms with Gasteiger partial charge in [0, 0.05) is 41.3 Å². The summed E-state index contributed by atoms with van der Waals surface area (Å²) in [5.74, 6) is -3.03. The molecule has 0 spiro atoms. The number of fused-ring (bicyclic) bond motifs is 1. The molecule has 4 rings (SSSR count). The van der Waals surface area contributed by atoms with Crippen molar-refractivity contribution in [3.63, 3.8) is 0 Å². The van der Waals surface area contributed by atoms with Crippen LogP contribution in [0.5, 0.6) is 5.75 Å². The Morgan fingerprint density at radius 2 is 1.80 bits per heavy atom. The van der Waals surface area contributed by atoms with Crippen molar-refractivity contribution in [2.24, 2.45) is 5.73 Å². The molecule has 0 aliphatic heterocycles. The second-order valence-corrected chi connectivity index (χ2v) is 7.81. The summed E-state index contributed by atoms with van der Waals surface area (Å²) in [6.45, 7) is 0. The standard InChI is InChI=1S/C23H23F2N3O2/c24-19-10-15(11-20(25)23(19)30)13-1-6-21-18(9-13)22(14(7-8-29)12-27-21)28-17-4-2-16(26)3-5-17/h1,6,8-12,16-17,30H,2-5,7,26H2,(H,27,28)/t16-,17-. The zero-order valence-corrected chi connectivity index (χ0v) is 16.4. The molecule has 4 N–H and O–H groups in total. The quantitative estimate of drug-likeness (QED) is 0.545. The van der Waals surface area contributed by atoms with Crippen LogP contribution in [0.1, 0.15) is 31.2 Å². The van der Waals surface area contributed by atoms with Gasteiger partial charge in [-0.1, -0.05) is 6.07 Å². The Hall–Kier alpha value is -3.06. The lowest BCUT2D eigenvalue weighted by atomic mass is 9.91. The van der Waals surface area contributed by atoms with Gasteiger partial charge in [-0.05, 0) is 61.1 Å². The molecule has 1 aromatic heterocycles. The highest BCUT2D eigenvalue weighted by Crippen LogP contribution is 2.34. The molecule has 1 heterocycles. The van der Waals surface area contributed by atoms with Crippen molar-refractivity contribution in [3.05, 3.63) is 53.7 Å². The van der Waals surface area contributed by atoms with Gasteiger partial charge in [0.1, 0.15) is 6.29 Å². The number of benzene rings is 2. The fourth-order valence-electron chi connectivity index (χ4n) is 4.03. The summed E-state index contributed by atoms with van der Waals surface area (Å²) in [6.07, 6.45) is 6.46. The summed E-state index contributed by atoms with van der Waals surface area (Å²) in [7, 11) is 0. The maximum atomic E-state index is 13.9. The Morgan fingerprint density at radius 1 is 1.10 bits per heavy atom. The highest BCUT2D eigenvalue weighted by molar-refractivity contribution is 5.96. The van der Waals surface area contributed by atoms with Crippen molar-refractivity contribution in [2.75, 3.05) is 5.32 Å². The van der Waals surface area contributed by atoms with Crippen LogP contribution in [0.4, 0.5) is 14.5 Å². The van der Waals surface area contributed by atoms with Crippen molar-refractivity contribution in [1.82, 2.24) is 4.98 Å². The van der Waals surface area contributed by atoms with E-state index in [9.17, 15) is 18.7 Å². The summed E-state index contributed by atoms with van der Waals surface area (Å²) >= 11 is 0. The van der Waals surface area contributed by atoms with Gasteiger partial charge in [0.25, 0.3) is 0 Å². The molecule has 30 heavy (non-hydrogen) atoms. The zero-order valence-electron chi connectivity index (χ0n) is 16.4. The van der Waals surface area contributed by atoms with Crippen LogP contribution in [0.3, 0.4) is 0 Å². The van der Waals surface area contributed by atoms with Gasteiger partial charge in [-0.15, -0.1) is 0 Å². The maximum absolute atomic E-state index is 13.9. The minimum absolute atomic E-state index is 0.213. The van der Waals surface area contributed by atoms with E-state index < -0.39 is 17.4 Å². The Bertz CT molecular complexity index is 1070. The van der Waals surface area contributed by atoms with Crippen LogP contribution >= 0.6 is 0 Å². The predicted octanol–water partition coefficient (Wildman–Crippen LogP) is 4.31. The first kappa shape index (κ1) is 20.2. The molecular formula is C23H23F2N3O2. The molecule has 1 aliphatic carbocycles. The molecule has 0 amide bonds. The summed E-state index contributed by atoms with van der Waals surface area (Å²) in [5.41, 5.74) is 9.20. The third-order valence-corrected chi connectivity index (χ3v) is 5.72. The average Bonchev–Trinajstić information content (AvgIpc) is 2.74. The van der Waals surface area contributed by atoms with E-state index in [1.165, 1.54) is 0 Å². The number of aromatic hydroxyl groups is 1. The molecular weight excluding hydrogens is 388 g/mol. The van der Waals surface area contributed by atoms with Gasteiger partial charge in [0.2, 0.25) is 0 Å². The number of phenolic OH excluding ortho intramolecular Hbond substituents is 1. The third-order valence-electron chi connectivity index (χ3n) is 5.72. The molecule has 1 saturated carbocycles. The first-order valence-electron chi connectivity index (χ1n) is 10.0. The lowest BCUT2D eigenvalue weighted by Crippen LogP contribution is -2.33. The number of phenols is 1. The highest BCUT2D eigenvalue weighted by Gasteiger charge is 2.21. The number of nitrogens with zero attached hydrogens (tertiary/aromatic N) is 1. The normalized spacial score (nSPS) is 19.0. The van der Waals surface area contributed by atoms with Gasteiger partial charge < -0.3 is 21.0 Å². The van der Waals surface area contributed by atoms with Crippen molar-refractivity contribution in [2.45, 2.75) is 44.2 Å². The number of hydrogen-bond acceptors (Lipinski definition) is 5. The van der Waals surface area contributed by atoms with Gasteiger partial charge in [0.15, 0.2) is 17.4 Å². The predicted molar refractivity (Wildman–Crippen MR) is 112 cm³/mol. The molecule has 156 valence electrons. The van der Waals surface area contributed by atoms with Gasteiger partial charge >= 0.3 is 0 Å². The Balaban J connectivity index is 1.80. The van der Waals surface area contributed by atoms with Crippen LogP contribution in [0.25, 0.3) is 22.0 Å². The number of halogens is 2. The minimum atomic E-state index is -1.02. The summed E-state index contributed by atoms with van der Waals surface area (Å²) < 4.78 is 27.7. The smallest absolute Gasteiger partial charge is 0.187 e. The zero-order chi connectivity index (χ0) is 21.3. The van der Waals surface area contributed by atoms with Crippen LogP contribution in [0.2, 0.25) is 0 Å². The number of aldehydes is 1. The largest absolute Gasteiger partial charge is 0.503 e. The average molecular weight is 411 g/mol. The number of nitrogens with two attached hydrogens (primary N) is 1. The fourth-order valence-corrected chi connectivity index (χ4v) is 4.03. The summed E-state index contributed by atoms with van der Waals surface area (Å²) in [6, 6.07) is 7.95. The highest BCUT2D eigenvalue weighted by atomic mass is 19.1. The monoisotopic (exact) mass is 411 g/mol. The Morgan fingerprint density at radius 3 is 2.47 bits per heavy atom. The number of nitrogens with one attached hydrogen (secondary N) is 1. The third kappa shape index (κ3) is 3.98. The van der Waals surface area contributed by atoms with Crippen LogP contribution in [0, 0.1) is 11.6 Å². The van der Waals surface area contributed by atoms with E-state index in [0.717, 1.165) is 60.7 Å². The van der Waals surface area contributed by atoms with Gasteiger partial charge in [-0.25, -0.2) is 8.78 Å². The molecule has 7 heteroatoms. The van der Waals surface area contributed by atoms with Crippen molar-refractivity contribution in [3.8, 4) is 16.9 Å². The number of aromatic nitrogens is 1. The number of hydrogen-bond donors (Lipinski definition) is 3. The van der Waals surface area contributed by atoms with E-state index in [-0.39, 0.29) is 18.5 Å². The van der Waals surface area contributed by atoms with E-state index in [0.29, 0.717) is 16.6 Å². The maximum Gasteiger partial charge on any atom is 0.187 e. The lowest BCUT2D eigenvalue weighted by molar-refractivity contribution is -0.107. The second kappa shape index (κ2) is 8.36. The fraction of sp³-hybridized carbons (Fsp3) is 0.304. The Labute approximate surface area is 172 Å². The van der Waals surface area contributed by atoms with Crippen LogP contribution in [-0.4, -0.2) is 28.5 Å². The SMILES string of the molecule is N[C@H]1CC[C@H](Nc2c(CC=O)cnc3ccc(-c4cc(F)c(O)c(F)c4)cc23)CC1. The number of pyridine rings is 1. The molecule has 5 nitrogen and oxygen atoms in total. The minimum Gasteiger partial charge on any atom is -0.503 e. The van der Waals surface area contributed by atoms with Crippen molar-refractivity contribution < 1.29 is 18.7 Å². The van der Waals surface area contributed by atoms with E-state index in [1.807, 2.05) is 0 Å². The topological polar surface area (TPSA) is 88.2 Å². The first-order valence-corrected chi connectivity index (χ1v) is 10.0. The van der Waals surface area contributed by atoms with Crippen molar-refractivity contribution in [1.29, 1.82) is 0 Å². The number of carbonyl (C=O) groups excluding carboxylic acids is 1. The van der Waals surface area contributed by atoms with Crippen LogP contribution < -0.4 is 11.1 Å². The molecule has 0 saturated heterocycles. The number of carbonyl (C=O) groups is 1. The number of anilines is 1. The molecule has 2 aromatic carbocycles. The van der Waals surface area contributed by atoms with Crippen LogP contribution in [0.15, 0.2) is 36.5 Å². The molecule has 0 unspecified atom stereocenters. The molecule has 1 aliphatic rings. The molecule has 0 bridgehead atoms. The van der Waals surface area contributed by atoms with E-state index in [4.69, 9.17) is 5.73 Å². The van der Waals surface area contributed by atoms with E-state index >= 15 is 0 Å². The van der Waals surface area contributed by atoms with Gasteiger partial charge in [-0.2, -0.15) is 0 Å². The van der Waals surface area contributed by atoms with E-state index in [2.05, 4.69) is 10.3 Å². The van der Waals surface area contributed by atoms with Gasteiger partial charge in [-0.3, -0.25) is 4.98 Å². The molecule has 3 aromatic rings. The second-order valence-electron chi connectivity index (χ2n) is 7.81. The molecule has 1 fully saturated rings.